The number of methoxy groups -OCH3 is 1. The number of halogens is 1. The molecule has 2 N–H and O–H groups in total. The number of piperidine rings is 1. The van der Waals surface area contributed by atoms with Gasteiger partial charge in [-0.2, -0.15) is 4.31 Å². The third-order valence-corrected chi connectivity index (χ3v) is 5.79. The molecule has 0 atom stereocenters. The third-order valence-electron chi connectivity index (χ3n) is 3.89. The van der Waals surface area contributed by atoms with Crippen LogP contribution in [0.1, 0.15) is 12.8 Å². The maximum atomic E-state index is 12.6. The van der Waals surface area contributed by atoms with Crippen LogP contribution in [0.5, 0.6) is 5.75 Å². The molecule has 0 radical (unpaired) electrons. The van der Waals surface area contributed by atoms with Gasteiger partial charge >= 0.3 is 5.69 Å². The molecule has 1 aromatic rings. The van der Waals surface area contributed by atoms with E-state index in [4.69, 9.17) is 10.5 Å². The molecule has 0 spiro atoms. The van der Waals surface area contributed by atoms with Gasteiger partial charge in [-0.15, -0.1) is 12.4 Å². The van der Waals surface area contributed by atoms with E-state index in [-0.39, 0.29) is 28.7 Å². The number of hydrogen-bond donors (Lipinski definition) is 1. The topological polar surface area (TPSA) is 116 Å². The largest absolute Gasteiger partial charge is 0.490 e. The zero-order valence-corrected chi connectivity index (χ0v) is 14.3. The number of nitro benzene ring substituents is 1. The molecule has 1 aliphatic heterocycles. The van der Waals surface area contributed by atoms with Crippen LogP contribution < -0.4 is 10.5 Å². The molecule has 0 bridgehead atoms. The molecule has 1 aromatic carbocycles. The maximum absolute atomic E-state index is 12.6. The van der Waals surface area contributed by atoms with Crippen LogP contribution in [0.3, 0.4) is 0 Å². The van der Waals surface area contributed by atoms with E-state index in [1.54, 1.807) is 0 Å². The zero-order valence-electron chi connectivity index (χ0n) is 12.7. The second-order valence-electron chi connectivity index (χ2n) is 5.17. The summed E-state index contributed by atoms with van der Waals surface area (Å²) in [5, 5.41) is 10.9. The van der Waals surface area contributed by atoms with E-state index >= 15 is 0 Å². The summed E-state index contributed by atoms with van der Waals surface area (Å²) in [7, 11) is -2.41. The Hall–Kier alpha value is -1.42. The molecule has 1 heterocycles. The van der Waals surface area contributed by atoms with Crippen molar-refractivity contribution in [2.75, 3.05) is 26.7 Å². The molecular weight excluding hydrogens is 346 g/mol. The molecular formula is C13H20ClN3O5S. The Kier molecular flexibility index (Phi) is 6.75. The predicted molar refractivity (Wildman–Crippen MR) is 87.4 cm³/mol. The van der Waals surface area contributed by atoms with Crippen LogP contribution in [0, 0.1) is 16.0 Å². The lowest BCUT2D eigenvalue weighted by molar-refractivity contribution is -0.385. The van der Waals surface area contributed by atoms with Crippen molar-refractivity contribution in [1.82, 2.24) is 4.31 Å². The highest BCUT2D eigenvalue weighted by molar-refractivity contribution is 7.89. The highest BCUT2D eigenvalue weighted by Crippen LogP contribution is 2.31. The van der Waals surface area contributed by atoms with Gasteiger partial charge in [-0.25, -0.2) is 8.42 Å². The Balaban J connectivity index is 0.00000264. The van der Waals surface area contributed by atoms with Crippen LogP contribution in [-0.2, 0) is 10.0 Å². The van der Waals surface area contributed by atoms with E-state index in [2.05, 4.69) is 0 Å². The molecule has 1 aliphatic rings. The predicted octanol–water partition coefficient (Wildman–Crippen LogP) is 1.38. The fraction of sp³-hybridized carbons (Fsp3) is 0.538. The number of rotatable bonds is 5. The minimum atomic E-state index is -3.68. The molecule has 1 saturated heterocycles. The number of sulfonamides is 1. The number of nitrogens with zero attached hydrogens (tertiary/aromatic N) is 2. The summed E-state index contributed by atoms with van der Waals surface area (Å²) in [6.45, 7) is 1.37. The Morgan fingerprint density at radius 1 is 1.39 bits per heavy atom. The standard InChI is InChI=1S/C13H19N3O5S.ClH/c1-21-13-8-11(2-3-12(13)16(17)18)22(19,20)15-6-4-10(9-14)5-7-15;/h2-3,8,10H,4-7,9,14H2,1H3;1H. The van der Waals surface area contributed by atoms with E-state index in [0.29, 0.717) is 25.6 Å². The molecule has 130 valence electrons. The Morgan fingerprint density at radius 2 is 2.00 bits per heavy atom. The van der Waals surface area contributed by atoms with E-state index < -0.39 is 14.9 Å². The van der Waals surface area contributed by atoms with Gasteiger partial charge in [0.1, 0.15) is 0 Å². The summed E-state index contributed by atoms with van der Waals surface area (Å²) >= 11 is 0. The first kappa shape index (κ1) is 19.6. The Labute approximate surface area is 141 Å². The van der Waals surface area contributed by atoms with Gasteiger partial charge in [0.15, 0.2) is 5.75 Å². The summed E-state index contributed by atoms with van der Waals surface area (Å²) in [5.74, 6) is 0.278. The summed E-state index contributed by atoms with van der Waals surface area (Å²) in [6.07, 6.45) is 1.44. The molecule has 0 unspecified atom stereocenters. The van der Waals surface area contributed by atoms with Crippen LogP contribution in [-0.4, -0.2) is 44.4 Å². The van der Waals surface area contributed by atoms with E-state index in [1.165, 1.54) is 23.5 Å². The van der Waals surface area contributed by atoms with E-state index in [1.807, 2.05) is 0 Å². The first-order valence-corrected chi connectivity index (χ1v) is 8.36. The number of nitrogens with two attached hydrogens (primary N) is 1. The molecule has 0 amide bonds. The van der Waals surface area contributed by atoms with Gasteiger partial charge in [0.05, 0.1) is 16.9 Å². The summed E-state index contributed by atoms with van der Waals surface area (Å²) in [6, 6.07) is 3.59. The van der Waals surface area contributed by atoms with Crippen molar-refractivity contribution < 1.29 is 18.1 Å². The lowest BCUT2D eigenvalue weighted by atomic mass is 9.99. The summed E-state index contributed by atoms with van der Waals surface area (Å²) < 4.78 is 31.5. The highest BCUT2D eigenvalue weighted by atomic mass is 35.5. The Morgan fingerprint density at radius 3 is 2.48 bits per heavy atom. The highest BCUT2D eigenvalue weighted by Gasteiger charge is 2.30. The van der Waals surface area contributed by atoms with Crippen molar-refractivity contribution in [3.8, 4) is 5.75 Å². The van der Waals surface area contributed by atoms with Crippen molar-refractivity contribution in [2.24, 2.45) is 11.7 Å². The van der Waals surface area contributed by atoms with Crippen LogP contribution in [0.25, 0.3) is 0 Å². The smallest absolute Gasteiger partial charge is 0.310 e. The van der Waals surface area contributed by atoms with Crippen molar-refractivity contribution in [2.45, 2.75) is 17.7 Å². The first-order chi connectivity index (χ1) is 10.4. The minimum absolute atomic E-state index is 0. The molecule has 8 nitrogen and oxygen atoms in total. The molecule has 0 aromatic heterocycles. The van der Waals surface area contributed by atoms with Gasteiger partial charge in [0.2, 0.25) is 10.0 Å². The zero-order chi connectivity index (χ0) is 16.3. The van der Waals surface area contributed by atoms with E-state index in [9.17, 15) is 18.5 Å². The SMILES string of the molecule is COc1cc(S(=O)(=O)N2CCC(CN)CC2)ccc1[N+](=O)[O-].Cl. The van der Waals surface area contributed by atoms with Crippen LogP contribution in [0.2, 0.25) is 0 Å². The van der Waals surface area contributed by atoms with Gasteiger partial charge in [-0.3, -0.25) is 10.1 Å². The fourth-order valence-electron chi connectivity index (χ4n) is 2.50. The normalized spacial score (nSPS) is 16.6. The number of benzene rings is 1. The van der Waals surface area contributed by atoms with Crippen LogP contribution in [0.4, 0.5) is 5.69 Å². The van der Waals surface area contributed by atoms with Gasteiger partial charge in [-0.1, -0.05) is 0 Å². The Bertz CT molecular complexity index is 660. The van der Waals surface area contributed by atoms with Crippen molar-refractivity contribution in [3.05, 3.63) is 28.3 Å². The number of nitro groups is 1. The minimum Gasteiger partial charge on any atom is -0.490 e. The molecule has 0 aliphatic carbocycles. The lowest BCUT2D eigenvalue weighted by Gasteiger charge is -2.30. The van der Waals surface area contributed by atoms with Gasteiger partial charge in [0.25, 0.3) is 0 Å². The van der Waals surface area contributed by atoms with E-state index in [0.717, 1.165) is 18.9 Å². The first-order valence-electron chi connectivity index (χ1n) is 6.92. The molecule has 23 heavy (non-hydrogen) atoms. The second kappa shape index (κ2) is 7.91. The van der Waals surface area contributed by atoms with Gasteiger partial charge < -0.3 is 10.5 Å². The van der Waals surface area contributed by atoms with Crippen LogP contribution in [0.15, 0.2) is 23.1 Å². The van der Waals surface area contributed by atoms with Gasteiger partial charge in [-0.05, 0) is 31.4 Å². The van der Waals surface area contributed by atoms with Crippen molar-refractivity contribution >= 4 is 28.1 Å². The monoisotopic (exact) mass is 365 g/mol. The van der Waals surface area contributed by atoms with Crippen molar-refractivity contribution in [1.29, 1.82) is 0 Å². The molecule has 1 fully saturated rings. The maximum Gasteiger partial charge on any atom is 0.310 e. The molecule has 2 rings (SSSR count). The van der Waals surface area contributed by atoms with Crippen molar-refractivity contribution in [3.63, 3.8) is 0 Å². The number of hydrogen-bond acceptors (Lipinski definition) is 6. The average molecular weight is 366 g/mol. The summed E-state index contributed by atoms with van der Waals surface area (Å²) in [4.78, 5) is 10.3. The van der Waals surface area contributed by atoms with Gasteiger partial charge in [0, 0.05) is 25.2 Å². The molecule has 10 heteroatoms. The molecule has 0 saturated carbocycles. The second-order valence-corrected chi connectivity index (χ2v) is 7.11. The average Bonchev–Trinajstić information content (AvgIpc) is 2.54. The lowest BCUT2D eigenvalue weighted by Crippen LogP contribution is -2.40. The number of ether oxygens (including phenoxy) is 1. The van der Waals surface area contributed by atoms with Crippen LogP contribution >= 0.6 is 12.4 Å². The fourth-order valence-corrected chi connectivity index (χ4v) is 3.99. The third kappa shape index (κ3) is 4.11. The quantitative estimate of drug-likeness (QED) is 0.622. The summed E-state index contributed by atoms with van der Waals surface area (Å²) in [5.41, 5.74) is 5.34.